The van der Waals surface area contributed by atoms with Gasteiger partial charge in [-0.1, -0.05) is 23.4 Å². The third-order valence-electron chi connectivity index (χ3n) is 3.09. The number of aliphatic hydroxyl groups is 1. The number of hydrogen-bond acceptors (Lipinski definition) is 7. The van der Waals surface area contributed by atoms with Crippen molar-refractivity contribution in [3.05, 3.63) is 53.0 Å². The van der Waals surface area contributed by atoms with Crippen LogP contribution < -0.4 is 10.1 Å². The maximum atomic E-state index is 9.89. The summed E-state index contributed by atoms with van der Waals surface area (Å²) in [6.07, 6.45) is -0.616. The van der Waals surface area contributed by atoms with Crippen molar-refractivity contribution in [1.29, 1.82) is 0 Å². The Bertz CT molecular complexity index is 700. The lowest BCUT2D eigenvalue weighted by molar-refractivity contribution is 0.105. The van der Waals surface area contributed by atoms with Crippen molar-refractivity contribution >= 4 is 11.3 Å². The Kier molecular flexibility index (Phi) is 5.36. The molecule has 0 saturated heterocycles. The molecule has 0 amide bonds. The largest absolute Gasteiger partial charge is 0.491 e. The van der Waals surface area contributed by atoms with Crippen LogP contribution in [0.4, 0.5) is 0 Å². The minimum Gasteiger partial charge on any atom is -0.491 e. The molecule has 0 radical (unpaired) electrons. The lowest BCUT2D eigenvalue weighted by Crippen LogP contribution is -2.31. The minimum absolute atomic E-state index is 0.223. The molecule has 0 bridgehead atoms. The molecule has 0 fully saturated rings. The second-order valence-electron chi connectivity index (χ2n) is 4.93. The number of aromatic nitrogens is 2. The van der Waals surface area contributed by atoms with Gasteiger partial charge in [0.1, 0.15) is 18.5 Å². The van der Waals surface area contributed by atoms with Crippen LogP contribution in [-0.4, -0.2) is 34.5 Å². The van der Waals surface area contributed by atoms with Gasteiger partial charge in [0.15, 0.2) is 0 Å². The van der Waals surface area contributed by atoms with E-state index < -0.39 is 6.10 Å². The number of nitrogens with zero attached hydrogens (tertiary/aromatic N) is 2. The van der Waals surface area contributed by atoms with Gasteiger partial charge in [-0.15, -0.1) is 0 Å². The molecule has 120 valence electrons. The molecule has 1 unspecified atom stereocenters. The highest BCUT2D eigenvalue weighted by atomic mass is 32.1. The second-order valence-corrected chi connectivity index (χ2v) is 5.71. The molecule has 3 rings (SSSR count). The maximum absolute atomic E-state index is 9.89. The van der Waals surface area contributed by atoms with Gasteiger partial charge in [0, 0.05) is 17.5 Å². The van der Waals surface area contributed by atoms with Crippen LogP contribution in [0.25, 0.3) is 11.4 Å². The molecule has 3 aromatic rings. The van der Waals surface area contributed by atoms with Crippen molar-refractivity contribution in [2.45, 2.75) is 12.6 Å². The SMILES string of the molecule is OC(CNCc1nc(-c2ccsc2)no1)COc1ccccc1. The van der Waals surface area contributed by atoms with Crippen molar-refractivity contribution in [1.82, 2.24) is 15.5 Å². The maximum Gasteiger partial charge on any atom is 0.240 e. The number of hydrogen-bond donors (Lipinski definition) is 2. The average molecular weight is 331 g/mol. The number of para-hydroxylation sites is 1. The van der Waals surface area contributed by atoms with Gasteiger partial charge in [0.2, 0.25) is 11.7 Å². The Morgan fingerprint density at radius 2 is 2.13 bits per heavy atom. The van der Waals surface area contributed by atoms with E-state index in [9.17, 15) is 5.11 Å². The Morgan fingerprint density at radius 3 is 2.91 bits per heavy atom. The Labute approximate surface area is 137 Å². The van der Waals surface area contributed by atoms with Crippen molar-refractivity contribution in [2.75, 3.05) is 13.2 Å². The van der Waals surface area contributed by atoms with Crippen LogP contribution in [0.5, 0.6) is 5.75 Å². The van der Waals surface area contributed by atoms with Gasteiger partial charge in [-0.05, 0) is 23.6 Å². The van der Waals surface area contributed by atoms with Crippen LogP contribution in [-0.2, 0) is 6.54 Å². The molecular weight excluding hydrogens is 314 g/mol. The molecule has 0 aliphatic rings. The van der Waals surface area contributed by atoms with Gasteiger partial charge in [0.25, 0.3) is 0 Å². The lowest BCUT2D eigenvalue weighted by Gasteiger charge is -2.12. The molecule has 0 aliphatic carbocycles. The number of thiophene rings is 1. The van der Waals surface area contributed by atoms with E-state index in [1.165, 1.54) is 0 Å². The number of nitrogens with one attached hydrogen (secondary N) is 1. The summed E-state index contributed by atoms with van der Waals surface area (Å²) in [6.45, 7) is 1.00. The molecule has 0 spiro atoms. The van der Waals surface area contributed by atoms with Crippen molar-refractivity contribution < 1.29 is 14.4 Å². The highest BCUT2D eigenvalue weighted by Gasteiger charge is 2.10. The normalized spacial score (nSPS) is 12.2. The van der Waals surface area contributed by atoms with E-state index in [4.69, 9.17) is 9.26 Å². The van der Waals surface area contributed by atoms with E-state index in [-0.39, 0.29) is 6.61 Å². The van der Waals surface area contributed by atoms with Crippen molar-refractivity contribution in [3.8, 4) is 17.1 Å². The summed E-state index contributed by atoms with van der Waals surface area (Å²) in [5.74, 6) is 1.81. The fraction of sp³-hybridized carbons (Fsp3) is 0.250. The van der Waals surface area contributed by atoms with Gasteiger partial charge in [-0.3, -0.25) is 0 Å². The number of rotatable bonds is 8. The molecule has 7 heteroatoms. The number of aliphatic hydroxyl groups excluding tert-OH is 1. The summed E-state index contributed by atoms with van der Waals surface area (Å²) in [5.41, 5.74) is 0.946. The van der Waals surface area contributed by atoms with Crippen LogP contribution in [0.3, 0.4) is 0 Å². The van der Waals surface area contributed by atoms with Gasteiger partial charge >= 0.3 is 0 Å². The van der Waals surface area contributed by atoms with Crippen LogP contribution in [0.15, 0.2) is 51.7 Å². The minimum atomic E-state index is -0.616. The van der Waals surface area contributed by atoms with E-state index in [2.05, 4.69) is 15.5 Å². The fourth-order valence-electron chi connectivity index (χ4n) is 1.95. The van der Waals surface area contributed by atoms with Crippen molar-refractivity contribution in [2.24, 2.45) is 0 Å². The summed E-state index contributed by atoms with van der Waals surface area (Å²) in [4.78, 5) is 4.30. The van der Waals surface area contributed by atoms with Crippen LogP contribution >= 0.6 is 11.3 Å². The predicted molar refractivity (Wildman–Crippen MR) is 87.3 cm³/mol. The first-order chi connectivity index (χ1) is 11.3. The van der Waals surface area contributed by atoms with Gasteiger partial charge < -0.3 is 19.7 Å². The summed E-state index contributed by atoms with van der Waals surface area (Å²) in [6, 6.07) is 11.3. The number of ether oxygens (including phenoxy) is 1. The molecule has 0 aliphatic heterocycles. The average Bonchev–Trinajstić information content (AvgIpc) is 3.25. The van der Waals surface area contributed by atoms with Gasteiger partial charge in [0.05, 0.1) is 6.54 Å². The Morgan fingerprint density at radius 1 is 1.26 bits per heavy atom. The highest BCUT2D eigenvalue weighted by Crippen LogP contribution is 2.18. The molecular formula is C16H17N3O3S. The smallest absolute Gasteiger partial charge is 0.240 e. The zero-order valence-electron chi connectivity index (χ0n) is 12.4. The molecule has 0 saturated carbocycles. The topological polar surface area (TPSA) is 80.4 Å². The zero-order valence-corrected chi connectivity index (χ0v) is 13.2. The molecule has 23 heavy (non-hydrogen) atoms. The molecule has 1 atom stereocenters. The van der Waals surface area contributed by atoms with E-state index in [0.29, 0.717) is 24.8 Å². The first-order valence-corrected chi connectivity index (χ1v) is 8.17. The van der Waals surface area contributed by atoms with Crippen molar-refractivity contribution in [3.63, 3.8) is 0 Å². The summed E-state index contributed by atoms with van der Waals surface area (Å²) in [5, 5.41) is 20.8. The fourth-order valence-corrected chi connectivity index (χ4v) is 2.58. The van der Waals surface area contributed by atoms with Crippen LogP contribution in [0, 0.1) is 0 Å². The summed E-state index contributed by atoms with van der Waals surface area (Å²) >= 11 is 1.58. The first-order valence-electron chi connectivity index (χ1n) is 7.23. The van der Waals surface area contributed by atoms with Gasteiger partial charge in [-0.25, -0.2) is 0 Å². The molecule has 6 nitrogen and oxygen atoms in total. The second kappa shape index (κ2) is 7.87. The highest BCUT2D eigenvalue weighted by molar-refractivity contribution is 7.08. The first kappa shape index (κ1) is 15.7. The lowest BCUT2D eigenvalue weighted by atomic mass is 10.3. The Balaban J connectivity index is 1.39. The van der Waals surface area contributed by atoms with E-state index in [1.54, 1.807) is 11.3 Å². The molecule has 2 aromatic heterocycles. The monoisotopic (exact) mass is 331 g/mol. The summed E-state index contributed by atoms with van der Waals surface area (Å²) < 4.78 is 10.7. The standard InChI is InChI=1S/C16H17N3O3S/c20-13(10-21-14-4-2-1-3-5-14)8-17-9-15-18-16(19-22-15)12-6-7-23-11-12/h1-7,11,13,17,20H,8-10H2. The van der Waals surface area contributed by atoms with E-state index in [0.717, 1.165) is 11.3 Å². The van der Waals surface area contributed by atoms with Crippen LogP contribution in [0.2, 0.25) is 0 Å². The Hall–Kier alpha value is -2.22. The molecule has 1 aromatic carbocycles. The summed E-state index contributed by atoms with van der Waals surface area (Å²) in [7, 11) is 0. The van der Waals surface area contributed by atoms with E-state index in [1.807, 2.05) is 47.2 Å². The zero-order chi connectivity index (χ0) is 15.9. The molecule has 2 N–H and O–H groups in total. The van der Waals surface area contributed by atoms with Gasteiger partial charge in [-0.2, -0.15) is 16.3 Å². The predicted octanol–water partition coefficient (Wildman–Crippen LogP) is 2.33. The number of benzene rings is 1. The van der Waals surface area contributed by atoms with E-state index >= 15 is 0 Å². The van der Waals surface area contributed by atoms with Crippen LogP contribution in [0.1, 0.15) is 5.89 Å². The third-order valence-corrected chi connectivity index (χ3v) is 3.77. The quantitative estimate of drug-likeness (QED) is 0.659. The third kappa shape index (κ3) is 4.62. The molecule has 2 heterocycles.